The second kappa shape index (κ2) is 47.7. The van der Waals surface area contributed by atoms with Gasteiger partial charge in [-0.2, -0.15) is 0 Å². The molecule has 0 saturated heterocycles. The first kappa shape index (κ1) is 67.8. The van der Waals surface area contributed by atoms with E-state index in [9.17, 15) is 19.2 Å². The fraction of sp³-hybridized carbons (Fsp3) is 0.803. The van der Waals surface area contributed by atoms with Gasteiger partial charge in [-0.3, -0.25) is 19.2 Å². The fourth-order valence-electron chi connectivity index (χ4n) is 9.01. The van der Waals surface area contributed by atoms with E-state index in [0.29, 0.717) is 45.6 Å². The molecule has 0 aliphatic heterocycles. The molecule has 2 unspecified atom stereocenters. The highest BCUT2D eigenvalue weighted by Gasteiger charge is 2.33. The number of nitrogens with zero attached hydrogens (tertiary/aromatic N) is 4. The highest BCUT2D eigenvalue weighted by molar-refractivity contribution is 5.88. The lowest BCUT2D eigenvalue weighted by atomic mass is 9.99. The smallest absolute Gasteiger partial charge is 0.243 e. The zero-order valence-electron chi connectivity index (χ0n) is 48.1. The molecule has 0 aromatic rings. The van der Waals surface area contributed by atoms with Crippen LogP contribution in [0.2, 0.25) is 0 Å². The van der Waals surface area contributed by atoms with Crippen LogP contribution in [0, 0.1) is 11.8 Å². The Morgan fingerprint density at radius 3 is 1.08 bits per heavy atom. The number of hydrogen-bond acceptors (Lipinski definition) is 6. The molecule has 412 valence electrons. The number of allylic oxidation sites excluding steroid dienone is 8. The minimum absolute atomic E-state index is 0.000658. The maximum Gasteiger partial charge on any atom is 0.243 e. The van der Waals surface area contributed by atoms with Crippen molar-refractivity contribution >= 4 is 23.6 Å². The third kappa shape index (κ3) is 39.0. The second-order valence-electron chi connectivity index (χ2n) is 21.5. The van der Waals surface area contributed by atoms with Gasteiger partial charge in [-0.1, -0.05) is 167 Å². The van der Waals surface area contributed by atoms with Gasteiger partial charge in [0.05, 0.1) is 0 Å². The molecule has 0 spiro atoms. The van der Waals surface area contributed by atoms with Gasteiger partial charge < -0.3 is 30.2 Å². The van der Waals surface area contributed by atoms with Crippen molar-refractivity contribution in [3.05, 3.63) is 48.6 Å². The van der Waals surface area contributed by atoms with Crippen LogP contribution in [0.1, 0.15) is 228 Å². The van der Waals surface area contributed by atoms with Gasteiger partial charge in [0.2, 0.25) is 23.6 Å². The summed E-state index contributed by atoms with van der Waals surface area (Å²) in [5, 5.41) is 6.34. The van der Waals surface area contributed by atoms with E-state index >= 15 is 0 Å². The van der Waals surface area contributed by atoms with E-state index in [1.807, 2.05) is 65.7 Å². The van der Waals surface area contributed by atoms with Crippen LogP contribution in [-0.2, 0) is 19.2 Å². The Hall–Kier alpha value is -3.24. The molecular weight excluding hydrogens is 881 g/mol. The molecule has 4 amide bonds. The van der Waals surface area contributed by atoms with Crippen molar-refractivity contribution in [1.29, 1.82) is 0 Å². The third-order valence-electron chi connectivity index (χ3n) is 13.3. The summed E-state index contributed by atoms with van der Waals surface area (Å²) in [4.78, 5) is 62.8. The van der Waals surface area contributed by atoms with Gasteiger partial charge >= 0.3 is 0 Å². The number of carbonyl (C=O) groups excluding carboxylic acids is 4. The second-order valence-corrected chi connectivity index (χ2v) is 21.5. The van der Waals surface area contributed by atoms with Gasteiger partial charge in [-0.05, 0) is 143 Å². The Labute approximate surface area is 439 Å². The average molecular weight is 996 g/mol. The number of amides is 4. The maximum atomic E-state index is 13.7. The number of likely N-dealkylation sites (N-methyl/N-ethyl adjacent to an activating group) is 1. The van der Waals surface area contributed by atoms with Gasteiger partial charge in [-0.15, -0.1) is 0 Å². The standard InChI is InChI=1S/C61H114N6O4/c1-11-13-15-17-19-21-23-25-27-29-31-33-35-37-41-46-56(68)66(51-45-50-64(7)8)58(54(3)4)60(70)62-48-43-39-40-44-49-63-61(71)59(55(5)6)67(53-52-65(9)10)57(69)47-42-38-36-34-32-30-28-26-24-22-20-18-16-14-12-2/h19-22,25-28,54-55,58-59H,11-18,23-24,29-53H2,1-10H3,(H,62,70)(H,63,71)/b21-19-,22-20-,27-25-,28-26-. The predicted molar refractivity (Wildman–Crippen MR) is 306 cm³/mol. The normalized spacial score (nSPS) is 13.0. The first-order chi connectivity index (χ1) is 34.3. The van der Waals surface area contributed by atoms with Crippen molar-refractivity contribution in [3.8, 4) is 0 Å². The van der Waals surface area contributed by atoms with Gasteiger partial charge in [0.25, 0.3) is 0 Å². The summed E-state index contributed by atoms with van der Waals surface area (Å²) >= 11 is 0. The Balaban J connectivity index is 4.86. The summed E-state index contributed by atoms with van der Waals surface area (Å²) in [6, 6.07) is -0.990. The highest BCUT2D eigenvalue weighted by atomic mass is 16.2. The molecule has 10 nitrogen and oxygen atoms in total. The maximum absolute atomic E-state index is 13.7. The predicted octanol–water partition coefficient (Wildman–Crippen LogP) is 13.6. The molecule has 10 heteroatoms. The zero-order chi connectivity index (χ0) is 52.7. The van der Waals surface area contributed by atoms with Gasteiger partial charge in [-0.25, -0.2) is 0 Å². The fourth-order valence-corrected chi connectivity index (χ4v) is 9.01. The summed E-state index contributed by atoms with van der Waals surface area (Å²) in [6.45, 7) is 16.4. The first-order valence-electron chi connectivity index (χ1n) is 29.3. The van der Waals surface area contributed by atoms with Crippen LogP contribution in [0.4, 0.5) is 0 Å². The van der Waals surface area contributed by atoms with E-state index in [-0.39, 0.29) is 35.5 Å². The Bertz CT molecular complexity index is 1420. The van der Waals surface area contributed by atoms with Crippen molar-refractivity contribution in [2.45, 2.75) is 240 Å². The Morgan fingerprint density at radius 1 is 0.380 bits per heavy atom. The number of hydrogen-bond donors (Lipinski definition) is 2. The summed E-state index contributed by atoms with van der Waals surface area (Å²) < 4.78 is 0. The monoisotopic (exact) mass is 995 g/mol. The molecule has 0 aliphatic rings. The molecule has 0 saturated carbocycles. The lowest BCUT2D eigenvalue weighted by Gasteiger charge is -2.34. The van der Waals surface area contributed by atoms with E-state index in [0.717, 1.165) is 103 Å². The van der Waals surface area contributed by atoms with Gasteiger partial charge in [0, 0.05) is 45.6 Å². The van der Waals surface area contributed by atoms with E-state index < -0.39 is 12.1 Å². The quantitative estimate of drug-likeness (QED) is 0.0465. The van der Waals surface area contributed by atoms with Crippen molar-refractivity contribution in [2.75, 3.05) is 67.5 Å². The number of unbranched alkanes of at least 4 members (excludes halogenated alkanes) is 19. The molecule has 0 rings (SSSR count). The Kier molecular flexibility index (Phi) is 45.6. The number of nitrogens with one attached hydrogen (secondary N) is 2. The third-order valence-corrected chi connectivity index (χ3v) is 13.3. The molecule has 71 heavy (non-hydrogen) atoms. The molecule has 0 bridgehead atoms. The first-order valence-corrected chi connectivity index (χ1v) is 29.3. The summed E-state index contributed by atoms with van der Waals surface area (Å²) in [5.41, 5.74) is 0. The van der Waals surface area contributed by atoms with Crippen LogP contribution in [0.3, 0.4) is 0 Å². The molecular formula is C61H114N6O4. The molecule has 0 radical (unpaired) electrons. The average Bonchev–Trinajstić information content (AvgIpc) is 3.32. The van der Waals surface area contributed by atoms with Crippen LogP contribution in [0.5, 0.6) is 0 Å². The minimum Gasteiger partial charge on any atom is -0.354 e. The molecule has 0 aromatic heterocycles. The summed E-state index contributed by atoms with van der Waals surface area (Å²) in [7, 11) is 8.10. The molecule has 0 fully saturated rings. The van der Waals surface area contributed by atoms with E-state index in [1.54, 1.807) is 0 Å². The highest BCUT2D eigenvalue weighted by Crippen LogP contribution is 2.19. The van der Waals surface area contributed by atoms with Gasteiger partial charge in [0.1, 0.15) is 12.1 Å². The van der Waals surface area contributed by atoms with Crippen molar-refractivity contribution < 1.29 is 19.2 Å². The van der Waals surface area contributed by atoms with Crippen molar-refractivity contribution in [1.82, 2.24) is 30.2 Å². The molecule has 0 aromatic carbocycles. The largest absolute Gasteiger partial charge is 0.354 e. The SMILES string of the molecule is CCCCC/C=C\C/C=C\CCCCCCCC(=O)N(CCCN(C)C)C(C(=O)NCCCCCCNC(=O)C(C(C)C)N(CCN(C)C)C(=O)CCCCCCC/C=C\C/C=C\CCCCC)C(C)C. The number of rotatable bonds is 48. The summed E-state index contributed by atoms with van der Waals surface area (Å²) in [5.74, 6) is 0.0287. The molecule has 2 N–H and O–H groups in total. The number of carbonyl (C=O) groups is 4. The topological polar surface area (TPSA) is 105 Å². The van der Waals surface area contributed by atoms with Crippen molar-refractivity contribution in [3.63, 3.8) is 0 Å². The van der Waals surface area contributed by atoms with Gasteiger partial charge in [0.15, 0.2) is 0 Å². The molecule has 0 aliphatic carbocycles. The van der Waals surface area contributed by atoms with Crippen LogP contribution >= 0.6 is 0 Å². The van der Waals surface area contributed by atoms with Crippen LogP contribution in [-0.4, -0.2) is 123 Å². The lowest BCUT2D eigenvalue weighted by Crippen LogP contribution is -2.54. The van der Waals surface area contributed by atoms with E-state index in [2.05, 4.69) is 82.9 Å². The lowest BCUT2D eigenvalue weighted by molar-refractivity contribution is -0.142. The zero-order valence-corrected chi connectivity index (χ0v) is 48.1. The minimum atomic E-state index is -0.501. The van der Waals surface area contributed by atoms with Crippen LogP contribution in [0.15, 0.2) is 48.6 Å². The van der Waals surface area contributed by atoms with Crippen molar-refractivity contribution in [2.24, 2.45) is 11.8 Å². The van der Waals surface area contributed by atoms with Crippen LogP contribution in [0.25, 0.3) is 0 Å². The van der Waals surface area contributed by atoms with Crippen LogP contribution < -0.4 is 10.6 Å². The Morgan fingerprint density at radius 2 is 0.718 bits per heavy atom. The van der Waals surface area contributed by atoms with E-state index in [1.165, 1.54) is 77.0 Å². The summed E-state index contributed by atoms with van der Waals surface area (Å²) in [6.07, 6.45) is 48.8. The molecule has 2 atom stereocenters. The molecule has 0 heterocycles. The van der Waals surface area contributed by atoms with E-state index in [4.69, 9.17) is 0 Å².